The van der Waals surface area contributed by atoms with Crippen LogP contribution >= 0.6 is 0 Å². The molecule has 7 heteroatoms. The molecule has 3 aromatic rings. The lowest BCUT2D eigenvalue weighted by Crippen LogP contribution is -2.27. The van der Waals surface area contributed by atoms with Crippen molar-refractivity contribution in [3.8, 4) is 5.69 Å². The zero-order chi connectivity index (χ0) is 17.1. The smallest absolute Gasteiger partial charge is 0.276 e. The Kier molecular flexibility index (Phi) is 4.33. The SMILES string of the molecule is CN(Cc1ccc(F)cc1F)C(=O)c1cnn(-c2ccccc2)n1. The standard InChI is InChI=1S/C17H14F2N4O/c1-22(11-12-7-8-13(18)9-15(12)19)17(24)16-10-20-23(21-16)14-5-3-2-4-6-14/h2-10H,11H2,1H3. The van der Waals surface area contributed by atoms with Crippen LogP contribution in [0.3, 0.4) is 0 Å². The Bertz CT molecular complexity index is 864. The molecule has 3 rings (SSSR count). The van der Waals surface area contributed by atoms with Crippen LogP contribution in [0, 0.1) is 11.6 Å². The van der Waals surface area contributed by atoms with E-state index in [9.17, 15) is 13.6 Å². The van der Waals surface area contributed by atoms with Gasteiger partial charge in [0.05, 0.1) is 11.9 Å². The molecule has 0 radical (unpaired) electrons. The van der Waals surface area contributed by atoms with Crippen LogP contribution in [-0.2, 0) is 6.54 Å². The van der Waals surface area contributed by atoms with Gasteiger partial charge in [0.1, 0.15) is 11.6 Å². The number of carbonyl (C=O) groups is 1. The number of hydrogen-bond acceptors (Lipinski definition) is 3. The van der Waals surface area contributed by atoms with Crippen LogP contribution in [0.15, 0.2) is 54.7 Å². The van der Waals surface area contributed by atoms with Crippen molar-refractivity contribution in [2.24, 2.45) is 0 Å². The van der Waals surface area contributed by atoms with Gasteiger partial charge in [0.15, 0.2) is 5.69 Å². The van der Waals surface area contributed by atoms with Crippen molar-refractivity contribution in [2.75, 3.05) is 7.05 Å². The number of nitrogens with zero attached hydrogens (tertiary/aromatic N) is 4. The third kappa shape index (κ3) is 3.29. The first kappa shape index (κ1) is 15.8. The Morgan fingerprint density at radius 3 is 2.62 bits per heavy atom. The Labute approximate surface area is 137 Å². The van der Waals surface area contributed by atoms with Crippen LogP contribution in [0.2, 0.25) is 0 Å². The number of rotatable bonds is 4. The van der Waals surface area contributed by atoms with Gasteiger partial charge in [-0.05, 0) is 18.2 Å². The number of hydrogen-bond donors (Lipinski definition) is 0. The Morgan fingerprint density at radius 2 is 1.92 bits per heavy atom. The van der Waals surface area contributed by atoms with Gasteiger partial charge in [0.25, 0.3) is 5.91 Å². The van der Waals surface area contributed by atoms with E-state index >= 15 is 0 Å². The average Bonchev–Trinajstić information content (AvgIpc) is 3.07. The minimum absolute atomic E-state index is 0.00312. The van der Waals surface area contributed by atoms with Crippen LogP contribution < -0.4 is 0 Å². The largest absolute Gasteiger partial charge is 0.336 e. The van der Waals surface area contributed by atoms with Gasteiger partial charge in [-0.15, -0.1) is 5.10 Å². The molecule has 5 nitrogen and oxygen atoms in total. The molecule has 0 spiro atoms. The van der Waals surface area contributed by atoms with Crippen molar-refractivity contribution in [1.82, 2.24) is 19.9 Å². The van der Waals surface area contributed by atoms with Crippen LogP contribution in [-0.4, -0.2) is 32.8 Å². The number of para-hydroxylation sites is 1. The second kappa shape index (κ2) is 6.57. The van der Waals surface area contributed by atoms with E-state index in [4.69, 9.17) is 0 Å². The Morgan fingerprint density at radius 1 is 1.17 bits per heavy atom. The van der Waals surface area contributed by atoms with Crippen molar-refractivity contribution < 1.29 is 13.6 Å². The first-order valence-corrected chi connectivity index (χ1v) is 7.22. The lowest BCUT2D eigenvalue weighted by atomic mass is 10.2. The third-order valence-corrected chi connectivity index (χ3v) is 3.47. The molecule has 0 atom stereocenters. The molecular formula is C17H14F2N4O. The molecule has 0 unspecified atom stereocenters. The van der Waals surface area contributed by atoms with Gasteiger partial charge in [-0.25, -0.2) is 8.78 Å². The highest BCUT2D eigenvalue weighted by Crippen LogP contribution is 2.13. The first-order valence-electron chi connectivity index (χ1n) is 7.22. The van der Waals surface area contributed by atoms with Gasteiger partial charge >= 0.3 is 0 Å². The maximum absolute atomic E-state index is 13.7. The normalized spacial score (nSPS) is 10.6. The average molecular weight is 328 g/mol. The van der Waals surface area contributed by atoms with Crippen molar-refractivity contribution in [2.45, 2.75) is 6.54 Å². The maximum atomic E-state index is 13.7. The van der Waals surface area contributed by atoms with Crippen molar-refractivity contribution in [1.29, 1.82) is 0 Å². The quantitative estimate of drug-likeness (QED) is 0.740. The van der Waals surface area contributed by atoms with Crippen molar-refractivity contribution in [3.63, 3.8) is 0 Å². The monoisotopic (exact) mass is 328 g/mol. The predicted molar refractivity (Wildman–Crippen MR) is 83.5 cm³/mol. The summed E-state index contributed by atoms with van der Waals surface area (Å²) < 4.78 is 26.6. The van der Waals surface area contributed by atoms with Crippen LogP contribution in [0.1, 0.15) is 16.1 Å². The summed E-state index contributed by atoms with van der Waals surface area (Å²) in [6.07, 6.45) is 1.35. The summed E-state index contributed by atoms with van der Waals surface area (Å²) in [6.45, 7) is 0.00312. The molecule has 0 N–H and O–H groups in total. The van der Waals surface area contributed by atoms with E-state index in [-0.39, 0.29) is 17.8 Å². The van der Waals surface area contributed by atoms with Gasteiger partial charge < -0.3 is 4.90 Å². The van der Waals surface area contributed by atoms with E-state index in [1.807, 2.05) is 30.3 Å². The lowest BCUT2D eigenvalue weighted by molar-refractivity contribution is 0.0777. The summed E-state index contributed by atoms with van der Waals surface area (Å²) >= 11 is 0. The van der Waals surface area contributed by atoms with Gasteiger partial charge in [-0.1, -0.05) is 24.3 Å². The fourth-order valence-corrected chi connectivity index (χ4v) is 2.22. The summed E-state index contributed by atoms with van der Waals surface area (Å²) in [6, 6.07) is 12.4. The molecule has 1 heterocycles. The summed E-state index contributed by atoms with van der Waals surface area (Å²) in [5.74, 6) is -1.75. The number of halogens is 2. The van der Waals surface area contributed by atoms with E-state index in [0.717, 1.165) is 17.8 Å². The second-order valence-electron chi connectivity index (χ2n) is 5.25. The molecule has 2 aromatic carbocycles. The fraction of sp³-hybridized carbons (Fsp3) is 0.118. The van der Waals surface area contributed by atoms with Gasteiger partial charge in [0.2, 0.25) is 0 Å². The third-order valence-electron chi connectivity index (χ3n) is 3.47. The number of amides is 1. The zero-order valence-electron chi connectivity index (χ0n) is 12.9. The molecule has 1 amide bonds. The number of aromatic nitrogens is 3. The predicted octanol–water partition coefficient (Wildman–Crippen LogP) is 2.82. The summed E-state index contributed by atoms with van der Waals surface area (Å²) in [5.41, 5.74) is 1.09. The summed E-state index contributed by atoms with van der Waals surface area (Å²) in [4.78, 5) is 15.0. The zero-order valence-corrected chi connectivity index (χ0v) is 12.9. The van der Waals surface area contributed by atoms with E-state index in [2.05, 4.69) is 10.2 Å². The second-order valence-corrected chi connectivity index (χ2v) is 5.25. The highest BCUT2D eigenvalue weighted by molar-refractivity contribution is 5.91. The van der Waals surface area contributed by atoms with Gasteiger partial charge in [0, 0.05) is 25.2 Å². The van der Waals surface area contributed by atoms with Crippen LogP contribution in [0.4, 0.5) is 8.78 Å². The van der Waals surface area contributed by atoms with E-state index in [1.165, 1.54) is 29.0 Å². The lowest BCUT2D eigenvalue weighted by Gasteiger charge is -2.16. The minimum Gasteiger partial charge on any atom is -0.336 e. The number of carbonyl (C=O) groups excluding carboxylic acids is 1. The Hall–Kier alpha value is -3.09. The fourth-order valence-electron chi connectivity index (χ4n) is 2.22. The van der Waals surface area contributed by atoms with E-state index in [1.54, 1.807) is 0 Å². The van der Waals surface area contributed by atoms with Gasteiger partial charge in [-0.3, -0.25) is 4.79 Å². The summed E-state index contributed by atoms with van der Waals surface area (Å²) in [5, 5.41) is 8.20. The molecule has 0 aliphatic carbocycles. The molecule has 0 aliphatic rings. The van der Waals surface area contributed by atoms with Crippen LogP contribution in [0.5, 0.6) is 0 Å². The molecule has 122 valence electrons. The molecule has 0 bridgehead atoms. The van der Waals surface area contributed by atoms with Crippen LogP contribution in [0.25, 0.3) is 5.69 Å². The van der Waals surface area contributed by atoms with E-state index in [0.29, 0.717) is 0 Å². The molecule has 0 fully saturated rings. The highest BCUT2D eigenvalue weighted by atomic mass is 19.1. The molecule has 0 aliphatic heterocycles. The van der Waals surface area contributed by atoms with Crippen molar-refractivity contribution in [3.05, 3.63) is 77.6 Å². The number of benzene rings is 2. The van der Waals surface area contributed by atoms with Crippen molar-refractivity contribution >= 4 is 5.91 Å². The maximum Gasteiger partial charge on any atom is 0.276 e. The molecule has 0 saturated heterocycles. The van der Waals surface area contributed by atoms with Gasteiger partial charge in [-0.2, -0.15) is 9.90 Å². The minimum atomic E-state index is -0.692. The van der Waals surface area contributed by atoms with E-state index < -0.39 is 17.5 Å². The Balaban J connectivity index is 1.75. The highest BCUT2D eigenvalue weighted by Gasteiger charge is 2.17. The topological polar surface area (TPSA) is 51.0 Å². The molecule has 0 saturated carbocycles. The first-order chi connectivity index (χ1) is 11.5. The molecule has 24 heavy (non-hydrogen) atoms. The molecular weight excluding hydrogens is 314 g/mol. The summed E-state index contributed by atoms with van der Waals surface area (Å²) in [7, 11) is 1.52. The molecule has 1 aromatic heterocycles.